The Kier molecular flexibility index (Phi) is 6.21. The van der Waals surface area contributed by atoms with Crippen LogP contribution >= 0.6 is 0 Å². The predicted molar refractivity (Wildman–Crippen MR) is 107 cm³/mol. The minimum absolute atomic E-state index is 0.0394. The maximum absolute atomic E-state index is 12.9. The molecule has 1 unspecified atom stereocenters. The Morgan fingerprint density at radius 1 is 1.10 bits per heavy atom. The number of alkyl halides is 3. The second-order valence-electron chi connectivity index (χ2n) is 6.88. The van der Waals surface area contributed by atoms with Gasteiger partial charge in [0.05, 0.1) is 28.0 Å². The van der Waals surface area contributed by atoms with E-state index < -0.39 is 23.8 Å². The highest BCUT2D eigenvalue weighted by molar-refractivity contribution is 6.05. The van der Waals surface area contributed by atoms with Crippen LogP contribution in [0.4, 0.5) is 18.9 Å². The molecule has 1 atom stereocenters. The van der Waals surface area contributed by atoms with Gasteiger partial charge in [-0.25, -0.2) is 9.97 Å². The molecular formula is C21H19F3N4O3. The van der Waals surface area contributed by atoms with Gasteiger partial charge in [-0.2, -0.15) is 13.2 Å². The molecule has 7 nitrogen and oxygen atoms in total. The van der Waals surface area contributed by atoms with Crippen LogP contribution in [0.1, 0.15) is 40.3 Å². The number of anilines is 1. The van der Waals surface area contributed by atoms with E-state index in [0.29, 0.717) is 22.4 Å². The first-order chi connectivity index (χ1) is 14.5. The summed E-state index contributed by atoms with van der Waals surface area (Å²) in [6.07, 6.45) is -5.63. The Balaban J connectivity index is 1.85. The van der Waals surface area contributed by atoms with Crippen LogP contribution in [0.3, 0.4) is 0 Å². The summed E-state index contributed by atoms with van der Waals surface area (Å²) >= 11 is 0. The Hall–Kier alpha value is -3.53. The zero-order chi connectivity index (χ0) is 22.8. The van der Waals surface area contributed by atoms with E-state index in [0.717, 1.165) is 18.2 Å². The van der Waals surface area contributed by atoms with E-state index in [1.807, 2.05) is 0 Å². The summed E-state index contributed by atoms with van der Waals surface area (Å²) < 4.78 is 38.6. The van der Waals surface area contributed by atoms with Gasteiger partial charge in [0.25, 0.3) is 5.91 Å². The van der Waals surface area contributed by atoms with Gasteiger partial charge in [0, 0.05) is 24.7 Å². The maximum Gasteiger partial charge on any atom is 0.416 e. The largest absolute Gasteiger partial charge is 0.416 e. The molecule has 0 saturated heterocycles. The molecule has 3 N–H and O–H groups in total. The second kappa shape index (κ2) is 8.68. The maximum atomic E-state index is 12.9. The number of aliphatic hydroxyl groups excluding tert-OH is 1. The molecule has 0 fully saturated rings. The lowest BCUT2D eigenvalue weighted by molar-refractivity contribution is -0.137. The highest BCUT2D eigenvalue weighted by atomic mass is 19.4. The third-order valence-corrected chi connectivity index (χ3v) is 4.45. The number of rotatable bonds is 5. The zero-order valence-electron chi connectivity index (χ0n) is 16.6. The molecule has 2 aromatic carbocycles. The average Bonchev–Trinajstić information content (AvgIpc) is 2.71. The number of carbonyl (C=O) groups is 2. The lowest BCUT2D eigenvalue weighted by Crippen LogP contribution is -2.26. The van der Waals surface area contributed by atoms with Gasteiger partial charge in [-0.1, -0.05) is 6.07 Å². The molecule has 1 aromatic heterocycles. The summed E-state index contributed by atoms with van der Waals surface area (Å²) in [5.41, 5.74) is 0.854. The number of carbonyl (C=O) groups excluding carboxylic acids is 2. The van der Waals surface area contributed by atoms with Crippen molar-refractivity contribution in [2.24, 2.45) is 0 Å². The summed E-state index contributed by atoms with van der Waals surface area (Å²) in [7, 11) is 0. The Morgan fingerprint density at radius 2 is 1.84 bits per heavy atom. The number of aromatic nitrogens is 2. The fourth-order valence-electron chi connectivity index (χ4n) is 2.93. The molecule has 31 heavy (non-hydrogen) atoms. The van der Waals surface area contributed by atoms with Crippen LogP contribution in [-0.4, -0.2) is 33.4 Å². The highest BCUT2D eigenvalue weighted by Crippen LogP contribution is 2.30. The van der Waals surface area contributed by atoms with Crippen molar-refractivity contribution in [1.29, 1.82) is 0 Å². The van der Waals surface area contributed by atoms with Gasteiger partial charge in [-0.15, -0.1) is 0 Å². The fourth-order valence-corrected chi connectivity index (χ4v) is 2.93. The third-order valence-electron chi connectivity index (χ3n) is 4.45. The minimum Gasteiger partial charge on any atom is -0.385 e. The van der Waals surface area contributed by atoms with Crippen LogP contribution in [0, 0.1) is 6.92 Å². The van der Waals surface area contributed by atoms with E-state index in [9.17, 15) is 27.9 Å². The van der Waals surface area contributed by atoms with Crippen LogP contribution in [0.5, 0.6) is 0 Å². The van der Waals surface area contributed by atoms with Gasteiger partial charge in [0.2, 0.25) is 5.91 Å². The lowest BCUT2D eigenvalue weighted by atomic mass is 10.1. The molecule has 1 heterocycles. The van der Waals surface area contributed by atoms with Gasteiger partial charge in [-0.05, 0) is 43.3 Å². The standard InChI is InChI=1S/C21H19F3N4O3/c1-11-19(18(30)10-25-12(2)29)28-17-9-15(6-7-16(17)26-11)27-20(31)13-4-3-5-14(8-13)21(22,23)24/h3-9,18,30H,10H2,1-2H3,(H,25,29)(H,27,31). The van der Waals surface area contributed by atoms with E-state index in [-0.39, 0.29) is 23.7 Å². The van der Waals surface area contributed by atoms with Crippen molar-refractivity contribution >= 4 is 28.5 Å². The van der Waals surface area contributed by atoms with Gasteiger partial charge in [0.1, 0.15) is 6.10 Å². The third kappa shape index (κ3) is 5.34. The normalized spacial score (nSPS) is 12.5. The molecule has 0 aliphatic rings. The van der Waals surface area contributed by atoms with Crippen LogP contribution < -0.4 is 10.6 Å². The van der Waals surface area contributed by atoms with Gasteiger partial charge >= 0.3 is 6.18 Å². The van der Waals surface area contributed by atoms with Gasteiger partial charge in [0.15, 0.2) is 0 Å². The summed E-state index contributed by atoms with van der Waals surface area (Å²) in [5, 5.41) is 15.3. The first-order valence-corrected chi connectivity index (χ1v) is 9.24. The van der Waals surface area contributed by atoms with E-state index in [1.165, 1.54) is 19.1 Å². The molecule has 0 bridgehead atoms. The number of aliphatic hydroxyl groups is 1. The van der Waals surface area contributed by atoms with Crippen LogP contribution in [0.2, 0.25) is 0 Å². The number of nitrogens with one attached hydrogen (secondary N) is 2. The first kappa shape index (κ1) is 22.2. The quantitative estimate of drug-likeness (QED) is 0.574. The number of benzene rings is 2. The number of halogens is 3. The van der Waals surface area contributed by atoms with Gasteiger partial charge < -0.3 is 15.7 Å². The van der Waals surface area contributed by atoms with E-state index in [1.54, 1.807) is 19.1 Å². The highest BCUT2D eigenvalue weighted by Gasteiger charge is 2.30. The van der Waals surface area contributed by atoms with Crippen LogP contribution in [0.25, 0.3) is 11.0 Å². The number of aryl methyl sites for hydroxylation is 1. The number of nitrogens with zero attached hydrogens (tertiary/aromatic N) is 2. The molecule has 0 radical (unpaired) electrons. The summed E-state index contributed by atoms with van der Waals surface area (Å²) in [6.45, 7) is 2.95. The van der Waals surface area contributed by atoms with Crippen molar-refractivity contribution < 1.29 is 27.9 Å². The molecule has 3 aromatic rings. The molecule has 0 aliphatic carbocycles. The molecule has 0 aliphatic heterocycles. The second-order valence-corrected chi connectivity index (χ2v) is 6.88. The van der Waals surface area contributed by atoms with Crippen molar-refractivity contribution in [3.63, 3.8) is 0 Å². The molecule has 0 spiro atoms. The van der Waals surface area contributed by atoms with Crippen molar-refractivity contribution in [2.45, 2.75) is 26.1 Å². The van der Waals surface area contributed by atoms with E-state index in [2.05, 4.69) is 20.6 Å². The number of amides is 2. The SMILES string of the molecule is CC(=O)NCC(O)c1nc2cc(NC(=O)c3cccc(C(F)(F)F)c3)ccc2nc1C. The predicted octanol–water partition coefficient (Wildman–Crippen LogP) is 3.38. The van der Waals surface area contributed by atoms with Crippen molar-refractivity contribution in [3.05, 3.63) is 65.0 Å². The minimum atomic E-state index is -4.55. The molecule has 162 valence electrons. The van der Waals surface area contributed by atoms with Crippen molar-refractivity contribution in [3.8, 4) is 0 Å². The first-order valence-electron chi connectivity index (χ1n) is 9.24. The molecule has 3 rings (SSSR count). The topological polar surface area (TPSA) is 104 Å². The summed E-state index contributed by atoms with van der Waals surface area (Å²) in [4.78, 5) is 32.2. The van der Waals surface area contributed by atoms with Gasteiger partial charge in [-0.3, -0.25) is 9.59 Å². The Bertz CT molecular complexity index is 1150. The number of hydrogen-bond acceptors (Lipinski definition) is 5. The number of hydrogen-bond donors (Lipinski definition) is 3. The van der Waals surface area contributed by atoms with E-state index in [4.69, 9.17) is 0 Å². The lowest BCUT2D eigenvalue weighted by Gasteiger charge is -2.14. The number of fused-ring (bicyclic) bond motifs is 1. The van der Waals surface area contributed by atoms with Crippen LogP contribution in [0.15, 0.2) is 42.5 Å². The smallest absolute Gasteiger partial charge is 0.385 e. The van der Waals surface area contributed by atoms with E-state index >= 15 is 0 Å². The zero-order valence-corrected chi connectivity index (χ0v) is 16.6. The van der Waals surface area contributed by atoms with Crippen LogP contribution in [-0.2, 0) is 11.0 Å². The average molecular weight is 432 g/mol. The monoisotopic (exact) mass is 432 g/mol. The Morgan fingerprint density at radius 3 is 2.52 bits per heavy atom. The van der Waals surface area contributed by atoms with Crippen molar-refractivity contribution in [2.75, 3.05) is 11.9 Å². The molecule has 10 heteroatoms. The van der Waals surface area contributed by atoms with Crippen molar-refractivity contribution in [1.82, 2.24) is 15.3 Å². The summed E-state index contributed by atoms with van der Waals surface area (Å²) in [6, 6.07) is 8.76. The Labute approximate surface area is 175 Å². The summed E-state index contributed by atoms with van der Waals surface area (Å²) in [5.74, 6) is -1.01. The molecule has 0 saturated carbocycles. The molecule has 2 amide bonds. The fraction of sp³-hybridized carbons (Fsp3) is 0.238. The molecular weight excluding hydrogens is 413 g/mol.